The second kappa shape index (κ2) is 8.27. The highest BCUT2D eigenvalue weighted by Crippen LogP contribution is 2.33. The summed E-state index contributed by atoms with van der Waals surface area (Å²) in [6, 6.07) is 11.4. The molecule has 0 spiro atoms. The van der Waals surface area contributed by atoms with E-state index in [2.05, 4.69) is 6.92 Å². The average molecular weight is 306 g/mol. The maximum absolute atomic E-state index is 9.94. The van der Waals surface area contributed by atoms with Crippen molar-refractivity contribution in [1.29, 1.82) is 0 Å². The van der Waals surface area contributed by atoms with Crippen LogP contribution >= 0.6 is 11.8 Å². The van der Waals surface area contributed by atoms with Crippen LogP contribution in [-0.4, -0.2) is 35.3 Å². The number of aliphatic hydroxyl groups is 1. The third-order valence-corrected chi connectivity index (χ3v) is 4.46. The molecule has 0 aliphatic carbocycles. The molecule has 0 bridgehead atoms. The molecule has 1 atom stereocenters. The molecule has 1 unspecified atom stereocenters. The molecule has 0 heterocycles. The first-order chi connectivity index (χ1) is 10.2. The number of benzene rings is 2. The van der Waals surface area contributed by atoms with Crippen LogP contribution in [0.2, 0.25) is 0 Å². The van der Waals surface area contributed by atoms with Crippen LogP contribution in [0.1, 0.15) is 19.8 Å². The highest BCUT2D eigenvalue weighted by molar-refractivity contribution is 7.99. The van der Waals surface area contributed by atoms with Crippen LogP contribution in [0.3, 0.4) is 0 Å². The fourth-order valence-corrected chi connectivity index (χ4v) is 3.05. The highest BCUT2D eigenvalue weighted by Gasteiger charge is 2.09. The van der Waals surface area contributed by atoms with Gasteiger partial charge in [0.2, 0.25) is 0 Å². The number of thioether (sulfide) groups is 1. The lowest BCUT2D eigenvalue weighted by Crippen LogP contribution is -2.18. The van der Waals surface area contributed by atoms with Gasteiger partial charge in [-0.15, -0.1) is 11.8 Å². The molecule has 0 aromatic heterocycles. The number of hydrogen-bond donors (Lipinski definition) is 2. The summed E-state index contributed by atoms with van der Waals surface area (Å²) in [5.74, 6) is 0.874. The first-order valence-corrected chi connectivity index (χ1v) is 8.30. The third-order valence-electron chi connectivity index (χ3n) is 3.24. The topological polar surface area (TPSA) is 49.7 Å². The van der Waals surface area contributed by atoms with Crippen LogP contribution < -0.4 is 0 Å². The van der Waals surface area contributed by atoms with Crippen LogP contribution in [0, 0.1) is 0 Å². The zero-order valence-corrected chi connectivity index (χ0v) is 13.1. The zero-order chi connectivity index (χ0) is 15.1. The van der Waals surface area contributed by atoms with Crippen LogP contribution in [0.5, 0.6) is 5.75 Å². The van der Waals surface area contributed by atoms with Crippen molar-refractivity contribution in [2.75, 3.05) is 19.0 Å². The molecule has 0 aliphatic rings. The van der Waals surface area contributed by atoms with E-state index in [0.29, 0.717) is 24.7 Å². The van der Waals surface area contributed by atoms with Crippen molar-refractivity contribution in [3.63, 3.8) is 0 Å². The molecule has 0 fully saturated rings. The summed E-state index contributed by atoms with van der Waals surface area (Å²) in [6.07, 6.45) is 1.66. The molecule has 2 N–H and O–H groups in total. The van der Waals surface area contributed by atoms with Gasteiger partial charge >= 0.3 is 0 Å². The van der Waals surface area contributed by atoms with Crippen LogP contribution in [0.25, 0.3) is 10.8 Å². The van der Waals surface area contributed by atoms with E-state index in [-0.39, 0.29) is 0 Å². The largest absolute Gasteiger partial charge is 0.507 e. The summed E-state index contributed by atoms with van der Waals surface area (Å²) in [7, 11) is 0. The summed E-state index contributed by atoms with van der Waals surface area (Å²) >= 11 is 1.59. The number of ether oxygens (including phenoxy) is 1. The van der Waals surface area contributed by atoms with E-state index in [1.807, 2.05) is 30.3 Å². The second-order valence-corrected chi connectivity index (χ2v) is 6.08. The first-order valence-electron chi connectivity index (χ1n) is 7.31. The summed E-state index contributed by atoms with van der Waals surface area (Å²) in [6.45, 7) is 3.20. The maximum Gasteiger partial charge on any atom is 0.123 e. The van der Waals surface area contributed by atoms with Crippen molar-refractivity contribution in [1.82, 2.24) is 0 Å². The third kappa shape index (κ3) is 4.63. The quantitative estimate of drug-likeness (QED) is 0.575. The number of aromatic hydroxyl groups is 1. The van der Waals surface area contributed by atoms with Crippen molar-refractivity contribution in [3.05, 3.63) is 36.4 Å². The molecule has 0 amide bonds. The molecular formula is C17H22O3S. The predicted molar refractivity (Wildman–Crippen MR) is 88.1 cm³/mol. The Bertz CT molecular complexity index is 571. The van der Waals surface area contributed by atoms with E-state index < -0.39 is 6.10 Å². The van der Waals surface area contributed by atoms with Gasteiger partial charge in [0.1, 0.15) is 5.75 Å². The Morgan fingerprint density at radius 2 is 1.90 bits per heavy atom. The fraction of sp³-hybridized carbons (Fsp3) is 0.412. The molecule has 0 saturated carbocycles. The van der Waals surface area contributed by atoms with Gasteiger partial charge in [0, 0.05) is 22.6 Å². The molecule has 2 aromatic carbocycles. The van der Waals surface area contributed by atoms with E-state index >= 15 is 0 Å². The lowest BCUT2D eigenvalue weighted by molar-refractivity contribution is 0.0473. The van der Waals surface area contributed by atoms with Gasteiger partial charge in [-0.2, -0.15) is 0 Å². The lowest BCUT2D eigenvalue weighted by atomic mass is 10.1. The van der Waals surface area contributed by atoms with Crippen molar-refractivity contribution < 1.29 is 14.9 Å². The standard InChI is InChI=1S/C17H22O3S/c1-2-3-10-20-11-13(18)12-21-17-9-8-16(19)14-6-4-5-7-15(14)17/h4-9,13,18-19H,2-3,10-12H2,1H3. The van der Waals surface area contributed by atoms with Crippen LogP contribution in [0.15, 0.2) is 41.3 Å². The van der Waals surface area contributed by atoms with Crippen LogP contribution in [-0.2, 0) is 4.74 Å². The molecule has 0 saturated heterocycles. The van der Waals surface area contributed by atoms with Gasteiger partial charge in [0.15, 0.2) is 0 Å². The first kappa shape index (κ1) is 16.1. The average Bonchev–Trinajstić information content (AvgIpc) is 2.51. The number of fused-ring (bicyclic) bond motifs is 1. The normalized spacial score (nSPS) is 12.7. The second-order valence-electron chi connectivity index (χ2n) is 5.02. The summed E-state index contributed by atoms with van der Waals surface area (Å²) in [5, 5.41) is 21.7. The molecule has 4 heteroatoms. The number of phenolic OH excluding ortho intramolecular Hbond substituents is 1. The summed E-state index contributed by atoms with van der Waals surface area (Å²) in [4.78, 5) is 1.07. The van der Waals surface area contributed by atoms with E-state index in [1.165, 1.54) is 0 Å². The van der Waals surface area contributed by atoms with Gasteiger partial charge in [-0.25, -0.2) is 0 Å². The fourth-order valence-electron chi connectivity index (χ4n) is 2.08. The molecule has 114 valence electrons. The van der Waals surface area contributed by atoms with Gasteiger partial charge in [-0.1, -0.05) is 37.6 Å². The molecule has 2 aromatic rings. The van der Waals surface area contributed by atoms with Crippen molar-refractivity contribution in [2.45, 2.75) is 30.8 Å². The molecular weight excluding hydrogens is 284 g/mol. The highest BCUT2D eigenvalue weighted by atomic mass is 32.2. The Morgan fingerprint density at radius 1 is 1.14 bits per heavy atom. The zero-order valence-electron chi connectivity index (χ0n) is 12.3. The van der Waals surface area contributed by atoms with E-state index in [0.717, 1.165) is 28.5 Å². The number of unbranched alkanes of at least 4 members (excludes halogenated alkanes) is 1. The molecule has 3 nitrogen and oxygen atoms in total. The molecule has 21 heavy (non-hydrogen) atoms. The number of aliphatic hydroxyl groups excluding tert-OH is 1. The van der Waals surface area contributed by atoms with E-state index in [9.17, 15) is 10.2 Å². The van der Waals surface area contributed by atoms with Crippen molar-refractivity contribution in [3.8, 4) is 5.75 Å². The molecule has 0 radical (unpaired) electrons. The lowest BCUT2D eigenvalue weighted by Gasteiger charge is -2.12. The van der Waals surface area contributed by atoms with Crippen molar-refractivity contribution >= 4 is 22.5 Å². The Labute approximate surface area is 129 Å². The Kier molecular flexibility index (Phi) is 6.36. The summed E-state index contributed by atoms with van der Waals surface area (Å²) < 4.78 is 5.43. The number of hydrogen-bond acceptors (Lipinski definition) is 4. The Balaban J connectivity index is 1.93. The number of rotatable bonds is 8. The van der Waals surface area contributed by atoms with Gasteiger partial charge < -0.3 is 14.9 Å². The van der Waals surface area contributed by atoms with Gasteiger partial charge in [0.25, 0.3) is 0 Å². The van der Waals surface area contributed by atoms with Crippen LogP contribution in [0.4, 0.5) is 0 Å². The minimum atomic E-state index is -0.473. The van der Waals surface area contributed by atoms with Gasteiger partial charge in [0.05, 0.1) is 12.7 Å². The van der Waals surface area contributed by atoms with Crippen molar-refractivity contribution in [2.24, 2.45) is 0 Å². The minimum absolute atomic E-state index is 0.290. The smallest absolute Gasteiger partial charge is 0.123 e. The van der Waals surface area contributed by atoms with Gasteiger partial charge in [-0.05, 0) is 23.9 Å². The molecule has 0 aliphatic heterocycles. The van der Waals surface area contributed by atoms with E-state index in [1.54, 1.807) is 17.8 Å². The maximum atomic E-state index is 9.94. The monoisotopic (exact) mass is 306 g/mol. The SMILES string of the molecule is CCCCOCC(O)CSc1ccc(O)c2ccccc12. The Morgan fingerprint density at radius 3 is 2.67 bits per heavy atom. The van der Waals surface area contributed by atoms with Gasteiger partial charge in [-0.3, -0.25) is 0 Å². The van der Waals surface area contributed by atoms with E-state index in [4.69, 9.17) is 4.74 Å². The summed E-state index contributed by atoms with van der Waals surface area (Å²) in [5.41, 5.74) is 0. The number of phenols is 1. The Hall–Kier alpha value is -1.23. The molecule has 2 rings (SSSR count). The minimum Gasteiger partial charge on any atom is -0.507 e. The predicted octanol–water partition coefficient (Wildman–Crippen LogP) is 3.82.